The lowest BCUT2D eigenvalue weighted by atomic mass is 10.1. The van der Waals surface area contributed by atoms with Crippen LogP contribution in [0.3, 0.4) is 0 Å². The summed E-state index contributed by atoms with van der Waals surface area (Å²) in [5.41, 5.74) is 2.21. The van der Waals surface area contributed by atoms with Gasteiger partial charge in [0.1, 0.15) is 5.75 Å². The first-order valence-electron chi connectivity index (χ1n) is 10.1. The highest BCUT2D eigenvalue weighted by atomic mass is 32.2. The Morgan fingerprint density at radius 1 is 1.00 bits per heavy atom. The van der Waals surface area contributed by atoms with E-state index in [1.54, 1.807) is 36.4 Å². The molecule has 0 aliphatic carbocycles. The van der Waals surface area contributed by atoms with Gasteiger partial charge in [0.15, 0.2) is 12.4 Å². The van der Waals surface area contributed by atoms with E-state index in [-0.39, 0.29) is 24.2 Å². The SMILES string of the molecule is CCC(=O)c1ccc(OCC(=O)Nc2ccc(CC(=O)N3CCSCC3)cc2)cc1. The van der Waals surface area contributed by atoms with Gasteiger partial charge in [0.25, 0.3) is 5.91 Å². The van der Waals surface area contributed by atoms with Crippen molar-refractivity contribution in [3.8, 4) is 5.75 Å². The quantitative estimate of drug-likeness (QED) is 0.655. The van der Waals surface area contributed by atoms with Crippen LogP contribution in [0.5, 0.6) is 5.75 Å². The zero-order valence-electron chi connectivity index (χ0n) is 17.1. The van der Waals surface area contributed by atoms with Crippen LogP contribution < -0.4 is 10.1 Å². The van der Waals surface area contributed by atoms with Gasteiger partial charge in [-0.25, -0.2) is 0 Å². The summed E-state index contributed by atoms with van der Waals surface area (Å²) < 4.78 is 5.48. The number of hydrogen-bond donors (Lipinski definition) is 1. The maximum Gasteiger partial charge on any atom is 0.262 e. The van der Waals surface area contributed by atoms with Crippen LogP contribution in [0, 0.1) is 0 Å². The third-order valence-corrected chi connectivity index (χ3v) is 5.77. The molecule has 0 atom stereocenters. The van der Waals surface area contributed by atoms with Gasteiger partial charge in [-0.15, -0.1) is 0 Å². The molecule has 3 rings (SSSR count). The molecule has 1 heterocycles. The molecule has 1 fully saturated rings. The number of amides is 2. The molecule has 1 saturated heterocycles. The van der Waals surface area contributed by atoms with Gasteiger partial charge in [-0.2, -0.15) is 11.8 Å². The van der Waals surface area contributed by atoms with Gasteiger partial charge >= 0.3 is 0 Å². The zero-order chi connectivity index (χ0) is 21.3. The molecule has 0 bridgehead atoms. The molecular formula is C23H26N2O4S. The number of ketones is 1. The van der Waals surface area contributed by atoms with Gasteiger partial charge in [0, 0.05) is 42.3 Å². The lowest BCUT2D eigenvalue weighted by Crippen LogP contribution is -2.38. The molecular weight excluding hydrogens is 400 g/mol. The van der Waals surface area contributed by atoms with E-state index in [2.05, 4.69) is 5.32 Å². The van der Waals surface area contributed by atoms with Crippen LogP contribution in [0.25, 0.3) is 0 Å². The van der Waals surface area contributed by atoms with Crippen LogP contribution in [0.2, 0.25) is 0 Å². The number of nitrogens with zero attached hydrogens (tertiary/aromatic N) is 1. The van der Waals surface area contributed by atoms with Crippen LogP contribution in [0.15, 0.2) is 48.5 Å². The normalized spacial score (nSPS) is 13.6. The number of rotatable bonds is 8. The summed E-state index contributed by atoms with van der Waals surface area (Å²) in [7, 11) is 0. The Bertz CT molecular complexity index is 875. The van der Waals surface area contributed by atoms with Crippen LogP contribution >= 0.6 is 11.8 Å². The van der Waals surface area contributed by atoms with Crippen molar-refractivity contribution in [3.05, 3.63) is 59.7 Å². The first-order valence-corrected chi connectivity index (χ1v) is 11.2. The predicted octanol–water partition coefficient (Wildman–Crippen LogP) is 3.41. The van der Waals surface area contributed by atoms with E-state index in [4.69, 9.17) is 4.74 Å². The van der Waals surface area contributed by atoms with Gasteiger partial charge < -0.3 is 15.0 Å². The van der Waals surface area contributed by atoms with Crippen molar-refractivity contribution in [3.63, 3.8) is 0 Å². The molecule has 2 aromatic rings. The Morgan fingerprint density at radius 2 is 1.67 bits per heavy atom. The average Bonchev–Trinajstić information content (AvgIpc) is 2.79. The van der Waals surface area contributed by atoms with E-state index in [0.29, 0.717) is 29.8 Å². The van der Waals surface area contributed by atoms with Crippen molar-refractivity contribution in [2.24, 2.45) is 0 Å². The van der Waals surface area contributed by atoms with Crippen molar-refractivity contribution in [2.45, 2.75) is 19.8 Å². The average molecular weight is 427 g/mol. The molecule has 0 aromatic heterocycles. The van der Waals surface area contributed by atoms with Crippen molar-refractivity contribution in [1.82, 2.24) is 4.90 Å². The number of Topliss-reactive ketones (excluding diaryl/α,β-unsaturated/α-hetero) is 1. The Kier molecular flexibility index (Phi) is 7.90. The van der Waals surface area contributed by atoms with Gasteiger partial charge in [-0.05, 0) is 42.0 Å². The van der Waals surface area contributed by atoms with E-state index in [1.807, 2.05) is 35.7 Å². The van der Waals surface area contributed by atoms with Crippen LogP contribution in [0.1, 0.15) is 29.3 Å². The van der Waals surface area contributed by atoms with Crippen molar-refractivity contribution >= 4 is 35.0 Å². The molecule has 0 saturated carbocycles. The molecule has 0 spiro atoms. The topological polar surface area (TPSA) is 75.7 Å². The van der Waals surface area contributed by atoms with Crippen molar-refractivity contribution in [2.75, 3.05) is 36.5 Å². The molecule has 1 N–H and O–H groups in total. The maximum atomic E-state index is 12.3. The lowest BCUT2D eigenvalue weighted by Gasteiger charge is -2.26. The van der Waals surface area contributed by atoms with E-state index in [1.165, 1.54) is 0 Å². The number of carbonyl (C=O) groups excluding carboxylic acids is 3. The number of anilines is 1. The minimum Gasteiger partial charge on any atom is -0.484 e. The van der Waals surface area contributed by atoms with Gasteiger partial charge in [0.05, 0.1) is 6.42 Å². The minimum atomic E-state index is -0.279. The molecule has 6 nitrogen and oxygen atoms in total. The van der Waals surface area contributed by atoms with E-state index < -0.39 is 0 Å². The second-order valence-corrected chi connectivity index (χ2v) is 8.23. The Hall–Kier alpha value is -2.80. The van der Waals surface area contributed by atoms with Crippen LogP contribution in [-0.4, -0.2) is 53.7 Å². The summed E-state index contributed by atoms with van der Waals surface area (Å²) >= 11 is 1.88. The van der Waals surface area contributed by atoms with Gasteiger partial charge in [-0.1, -0.05) is 19.1 Å². The maximum absolute atomic E-state index is 12.3. The molecule has 2 aromatic carbocycles. The van der Waals surface area contributed by atoms with Gasteiger partial charge in [-0.3, -0.25) is 14.4 Å². The Balaban J connectivity index is 1.45. The fraction of sp³-hybridized carbons (Fsp3) is 0.348. The molecule has 0 radical (unpaired) electrons. The zero-order valence-corrected chi connectivity index (χ0v) is 17.9. The third-order valence-electron chi connectivity index (χ3n) is 4.82. The van der Waals surface area contributed by atoms with E-state index in [0.717, 1.165) is 30.2 Å². The van der Waals surface area contributed by atoms with Crippen molar-refractivity contribution in [1.29, 1.82) is 0 Å². The summed E-state index contributed by atoms with van der Waals surface area (Å²) in [6.45, 7) is 3.31. The highest BCUT2D eigenvalue weighted by Gasteiger charge is 2.16. The summed E-state index contributed by atoms with van der Waals surface area (Å²) in [5, 5.41) is 2.78. The standard InChI is InChI=1S/C23H26N2O4S/c1-2-21(26)18-5-9-20(10-6-18)29-16-22(27)24-19-7-3-17(4-8-19)15-23(28)25-11-13-30-14-12-25/h3-10H,2,11-16H2,1H3,(H,24,27). The summed E-state index contributed by atoms with van der Waals surface area (Å²) in [4.78, 5) is 38.0. The fourth-order valence-corrected chi connectivity index (χ4v) is 4.00. The van der Waals surface area contributed by atoms with Crippen LogP contribution in [0.4, 0.5) is 5.69 Å². The molecule has 1 aliphatic heterocycles. The molecule has 158 valence electrons. The molecule has 30 heavy (non-hydrogen) atoms. The summed E-state index contributed by atoms with van der Waals surface area (Å²) in [6, 6.07) is 14.1. The second-order valence-electron chi connectivity index (χ2n) is 7.00. The summed E-state index contributed by atoms with van der Waals surface area (Å²) in [6.07, 6.45) is 0.825. The number of nitrogens with one attached hydrogen (secondary N) is 1. The minimum absolute atomic E-state index is 0.0689. The van der Waals surface area contributed by atoms with E-state index >= 15 is 0 Å². The second kappa shape index (κ2) is 10.8. The first-order chi connectivity index (χ1) is 14.5. The number of ether oxygens (including phenoxy) is 1. The highest BCUT2D eigenvalue weighted by molar-refractivity contribution is 7.99. The number of carbonyl (C=O) groups is 3. The first kappa shape index (κ1) is 21.9. The predicted molar refractivity (Wildman–Crippen MR) is 119 cm³/mol. The number of benzene rings is 2. The lowest BCUT2D eigenvalue weighted by molar-refractivity contribution is -0.130. The monoisotopic (exact) mass is 426 g/mol. The molecule has 2 amide bonds. The van der Waals surface area contributed by atoms with E-state index in [9.17, 15) is 14.4 Å². The summed E-state index contributed by atoms with van der Waals surface area (Å²) in [5.74, 6) is 2.46. The third kappa shape index (κ3) is 6.35. The number of hydrogen-bond acceptors (Lipinski definition) is 5. The van der Waals surface area contributed by atoms with Gasteiger partial charge in [0.2, 0.25) is 5.91 Å². The Morgan fingerprint density at radius 3 is 2.30 bits per heavy atom. The van der Waals surface area contributed by atoms with Crippen LogP contribution in [-0.2, 0) is 16.0 Å². The highest BCUT2D eigenvalue weighted by Crippen LogP contribution is 2.15. The number of thioether (sulfide) groups is 1. The molecule has 1 aliphatic rings. The molecule has 7 heteroatoms. The Labute approximate surface area is 181 Å². The smallest absolute Gasteiger partial charge is 0.262 e. The fourth-order valence-electron chi connectivity index (χ4n) is 3.09. The largest absolute Gasteiger partial charge is 0.484 e. The van der Waals surface area contributed by atoms with Crippen molar-refractivity contribution < 1.29 is 19.1 Å². The molecule has 0 unspecified atom stereocenters.